The number of hydrogen-bond acceptors (Lipinski definition) is 4. The average Bonchev–Trinajstić information content (AvgIpc) is 3.25. The molecule has 0 unspecified atom stereocenters. The van der Waals surface area contributed by atoms with Crippen LogP contribution in [-0.4, -0.2) is 65.5 Å². The third-order valence-corrected chi connectivity index (χ3v) is 5.32. The number of β-amino-alcohol motifs (C(OH)–C–C–N with tert-alkyl or cyclic N) is 1. The van der Waals surface area contributed by atoms with Gasteiger partial charge in [0.15, 0.2) is 0 Å². The third kappa shape index (κ3) is 3.81. The first-order valence-electron chi connectivity index (χ1n) is 8.71. The summed E-state index contributed by atoms with van der Waals surface area (Å²) in [6.45, 7) is 1.65. The second kappa shape index (κ2) is 7.72. The molecule has 2 amide bonds. The average molecular weight is 366 g/mol. The van der Waals surface area contributed by atoms with Crippen molar-refractivity contribution in [1.29, 1.82) is 0 Å². The van der Waals surface area contributed by atoms with Gasteiger partial charge in [0, 0.05) is 31.7 Å². The lowest BCUT2D eigenvalue weighted by atomic mass is 10.0. The SMILES string of the molecule is CNC(=O)[C@@H](c1ccc(Cl)cc1)N1CCC[C@H]1C(=O)N1CC[C@@H](O)C1. The molecular weight excluding hydrogens is 342 g/mol. The van der Waals surface area contributed by atoms with Gasteiger partial charge >= 0.3 is 0 Å². The van der Waals surface area contributed by atoms with Crippen LogP contribution in [-0.2, 0) is 9.59 Å². The Balaban J connectivity index is 1.85. The first-order chi connectivity index (χ1) is 12.0. The number of benzene rings is 1. The number of carbonyl (C=O) groups excluding carboxylic acids is 2. The molecule has 3 atom stereocenters. The molecule has 0 bridgehead atoms. The fourth-order valence-electron chi connectivity index (χ4n) is 3.79. The van der Waals surface area contributed by atoms with Crippen molar-refractivity contribution in [2.75, 3.05) is 26.7 Å². The molecule has 136 valence electrons. The highest BCUT2D eigenvalue weighted by molar-refractivity contribution is 6.30. The van der Waals surface area contributed by atoms with Crippen molar-refractivity contribution in [2.24, 2.45) is 0 Å². The molecule has 2 aliphatic rings. The smallest absolute Gasteiger partial charge is 0.241 e. The first kappa shape index (κ1) is 18.2. The number of carbonyl (C=O) groups is 2. The zero-order valence-corrected chi connectivity index (χ0v) is 15.1. The Kier molecular flexibility index (Phi) is 5.61. The number of aliphatic hydroxyl groups excluding tert-OH is 1. The van der Waals surface area contributed by atoms with Gasteiger partial charge in [-0.2, -0.15) is 0 Å². The molecule has 1 aromatic rings. The number of aliphatic hydroxyl groups is 1. The molecule has 2 heterocycles. The van der Waals surface area contributed by atoms with Crippen molar-refractivity contribution >= 4 is 23.4 Å². The molecule has 2 aliphatic heterocycles. The maximum absolute atomic E-state index is 12.9. The molecule has 2 saturated heterocycles. The maximum atomic E-state index is 12.9. The van der Waals surface area contributed by atoms with Gasteiger partial charge in [0.1, 0.15) is 6.04 Å². The zero-order valence-electron chi connectivity index (χ0n) is 14.3. The lowest BCUT2D eigenvalue weighted by Gasteiger charge is -2.33. The van der Waals surface area contributed by atoms with Crippen molar-refractivity contribution in [2.45, 2.75) is 37.5 Å². The molecule has 0 spiro atoms. The molecule has 0 radical (unpaired) electrons. The predicted octanol–water partition coefficient (Wildman–Crippen LogP) is 1.18. The summed E-state index contributed by atoms with van der Waals surface area (Å²) in [6.07, 6.45) is 1.78. The van der Waals surface area contributed by atoms with Gasteiger partial charge in [-0.1, -0.05) is 23.7 Å². The van der Waals surface area contributed by atoms with E-state index in [2.05, 4.69) is 5.32 Å². The molecule has 25 heavy (non-hydrogen) atoms. The number of rotatable bonds is 4. The van der Waals surface area contributed by atoms with E-state index in [1.165, 1.54) is 0 Å². The number of nitrogens with one attached hydrogen (secondary N) is 1. The standard InChI is InChI=1S/C18H24ClN3O3/c1-20-17(24)16(12-4-6-13(19)7-5-12)22-9-2-3-15(22)18(25)21-10-8-14(23)11-21/h4-7,14-16,23H,2-3,8-11H2,1H3,(H,20,24)/t14-,15+,16-/m1/s1. The number of nitrogens with zero attached hydrogens (tertiary/aromatic N) is 2. The number of likely N-dealkylation sites (tertiary alicyclic amines) is 2. The fourth-order valence-corrected chi connectivity index (χ4v) is 3.92. The summed E-state index contributed by atoms with van der Waals surface area (Å²) in [5.74, 6) is -0.125. The minimum Gasteiger partial charge on any atom is -0.391 e. The monoisotopic (exact) mass is 365 g/mol. The number of hydrogen-bond donors (Lipinski definition) is 2. The van der Waals surface area contributed by atoms with Crippen molar-refractivity contribution in [3.63, 3.8) is 0 Å². The molecule has 3 rings (SSSR count). The Morgan fingerprint density at radius 1 is 1.24 bits per heavy atom. The van der Waals surface area contributed by atoms with E-state index in [9.17, 15) is 14.7 Å². The molecule has 2 N–H and O–H groups in total. The van der Waals surface area contributed by atoms with Gasteiger partial charge in [-0.05, 0) is 37.0 Å². The van der Waals surface area contributed by atoms with Gasteiger partial charge in [0.2, 0.25) is 11.8 Å². The van der Waals surface area contributed by atoms with Crippen LogP contribution in [0, 0.1) is 0 Å². The molecule has 1 aromatic carbocycles. The van der Waals surface area contributed by atoms with Crippen molar-refractivity contribution in [3.8, 4) is 0 Å². The van der Waals surface area contributed by atoms with Crippen LogP contribution < -0.4 is 5.32 Å². The van der Waals surface area contributed by atoms with Gasteiger partial charge in [-0.15, -0.1) is 0 Å². The van der Waals surface area contributed by atoms with E-state index in [0.717, 1.165) is 18.4 Å². The van der Waals surface area contributed by atoms with E-state index in [-0.39, 0.29) is 17.9 Å². The Morgan fingerprint density at radius 3 is 2.56 bits per heavy atom. The highest BCUT2D eigenvalue weighted by Gasteiger charge is 2.41. The highest BCUT2D eigenvalue weighted by atomic mass is 35.5. The Hall–Kier alpha value is -1.63. The number of likely N-dealkylation sites (N-methyl/N-ethyl adjacent to an activating group) is 1. The summed E-state index contributed by atoms with van der Waals surface area (Å²) in [7, 11) is 1.61. The Bertz CT molecular complexity index is 637. The molecular formula is C18H24ClN3O3. The number of halogens is 1. The van der Waals surface area contributed by atoms with Crippen LogP contribution in [0.3, 0.4) is 0 Å². The summed E-state index contributed by atoms with van der Waals surface area (Å²) >= 11 is 5.97. The van der Waals surface area contributed by atoms with Crippen molar-refractivity contribution < 1.29 is 14.7 Å². The summed E-state index contributed by atoms with van der Waals surface area (Å²) < 4.78 is 0. The van der Waals surface area contributed by atoms with E-state index in [1.54, 1.807) is 24.1 Å². The van der Waals surface area contributed by atoms with Gasteiger partial charge in [-0.25, -0.2) is 0 Å². The first-order valence-corrected chi connectivity index (χ1v) is 9.08. The molecule has 0 saturated carbocycles. The Morgan fingerprint density at radius 2 is 1.96 bits per heavy atom. The minimum atomic E-state index is -0.522. The summed E-state index contributed by atoms with van der Waals surface area (Å²) in [6, 6.07) is 6.34. The summed E-state index contributed by atoms with van der Waals surface area (Å²) in [5, 5.41) is 13.0. The second-order valence-corrected chi connectivity index (χ2v) is 7.13. The normalized spacial score (nSPS) is 25.2. The zero-order chi connectivity index (χ0) is 18.0. The molecule has 7 heteroatoms. The van der Waals surface area contributed by atoms with E-state index in [0.29, 0.717) is 31.1 Å². The van der Waals surface area contributed by atoms with Gasteiger partial charge in [0.05, 0.1) is 12.1 Å². The van der Waals surface area contributed by atoms with Crippen molar-refractivity contribution in [1.82, 2.24) is 15.1 Å². The largest absolute Gasteiger partial charge is 0.391 e. The minimum absolute atomic E-state index is 0.0110. The maximum Gasteiger partial charge on any atom is 0.241 e. The summed E-state index contributed by atoms with van der Waals surface area (Å²) in [4.78, 5) is 29.2. The molecule has 0 aliphatic carbocycles. The number of amides is 2. The van der Waals surface area contributed by atoms with Crippen molar-refractivity contribution in [3.05, 3.63) is 34.9 Å². The van der Waals surface area contributed by atoms with E-state index in [1.807, 2.05) is 17.0 Å². The van der Waals surface area contributed by atoms with Crippen LogP contribution in [0.2, 0.25) is 5.02 Å². The fraction of sp³-hybridized carbons (Fsp3) is 0.556. The van der Waals surface area contributed by atoms with Gasteiger partial charge in [-0.3, -0.25) is 14.5 Å². The topological polar surface area (TPSA) is 72.9 Å². The van der Waals surface area contributed by atoms with Crippen LogP contribution in [0.4, 0.5) is 0 Å². The van der Waals surface area contributed by atoms with Gasteiger partial charge in [0.25, 0.3) is 0 Å². The molecule has 6 nitrogen and oxygen atoms in total. The Labute approximate surface area is 152 Å². The van der Waals surface area contributed by atoms with E-state index >= 15 is 0 Å². The molecule has 0 aromatic heterocycles. The van der Waals surface area contributed by atoms with E-state index in [4.69, 9.17) is 11.6 Å². The lowest BCUT2D eigenvalue weighted by molar-refractivity contribution is -0.138. The van der Waals surface area contributed by atoms with Crippen LogP contribution >= 0.6 is 11.6 Å². The van der Waals surface area contributed by atoms with Gasteiger partial charge < -0.3 is 15.3 Å². The van der Waals surface area contributed by atoms with Crippen LogP contribution in [0.25, 0.3) is 0 Å². The second-order valence-electron chi connectivity index (χ2n) is 6.69. The third-order valence-electron chi connectivity index (χ3n) is 5.07. The predicted molar refractivity (Wildman–Crippen MR) is 95.2 cm³/mol. The van der Waals surface area contributed by atoms with Crippen LogP contribution in [0.15, 0.2) is 24.3 Å². The molecule has 2 fully saturated rings. The quantitative estimate of drug-likeness (QED) is 0.840. The highest BCUT2D eigenvalue weighted by Crippen LogP contribution is 2.32. The summed E-state index contributed by atoms with van der Waals surface area (Å²) in [5.41, 5.74) is 0.824. The van der Waals surface area contributed by atoms with Crippen LogP contribution in [0.5, 0.6) is 0 Å². The van der Waals surface area contributed by atoms with E-state index < -0.39 is 12.1 Å². The van der Waals surface area contributed by atoms with Crippen LogP contribution in [0.1, 0.15) is 30.9 Å². The lowest BCUT2D eigenvalue weighted by Crippen LogP contribution is -2.49.